The number of hydrogen-bond acceptors (Lipinski definition) is 2. The van der Waals surface area contributed by atoms with E-state index in [9.17, 15) is 5.11 Å². The van der Waals surface area contributed by atoms with Gasteiger partial charge in [-0.3, -0.25) is 4.99 Å². The number of hydrogen-bond donors (Lipinski definition) is 1. The van der Waals surface area contributed by atoms with Crippen molar-refractivity contribution >= 4 is 0 Å². The lowest BCUT2D eigenvalue weighted by molar-refractivity contribution is 0.470. The Kier molecular flexibility index (Phi) is 3.28. The number of pyridine rings is 1. The van der Waals surface area contributed by atoms with Gasteiger partial charge in [-0.15, -0.1) is 0 Å². The maximum atomic E-state index is 9.61. The summed E-state index contributed by atoms with van der Waals surface area (Å²) in [5.74, 6) is 0.329. The largest absolute Gasteiger partial charge is 0.508 e. The zero-order chi connectivity index (χ0) is 12.3. The Morgan fingerprint density at radius 2 is 2.06 bits per heavy atom. The van der Waals surface area contributed by atoms with Crippen LogP contribution in [0.3, 0.4) is 0 Å². The standard InChI is InChI=1S/C14H16N2O/c1-11-6-7-12(9-13(11)17)10-15-14-5-3-4-8-16(14)2/h3-9,17H,10H2,1-2H3. The fraction of sp³-hybridized carbons (Fsp3) is 0.214. The normalized spacial score (nSPS) is 11.8. The molecule has 0 fully saturated rings. The van der Waals surface area contributed by atoms with E-state index >= 15 is 0 Å². The van der Waals surface area contributed by atoms with Gasteiger partial charge in [-0.05, 0) is 36.2 Å². The minimum atomic E-state index is 0.329. The van der Waals surface area contributed by atoms with Gasteiger partial charge in [-0.1, -0.05) is 18.2 Å². The lowest BCUT2D eigenvalue weighted by atomic mass is 10.1. The number of benzene rings is 1. The zero-order valence-corrected chi connectivity index (χ0v) is 10.1. The smallest absolute Gasteiger partial charge is 0.127 e. The summed E-state index contributed by atoms with van der Waals surface area (Å²) in [6, 6.07) is 11.6. The number of nitrogens with zero attached hydrogens (tertiary/aromatic N) is 2. The van der Waals surface area contributed by atoms with Crippen LogP contribution in [0.15, 0.2) is 47.6 Å². The summed E-state index contributed by atoms with van der Waals surface area (Å²) in [7, 11) is 1.96. The first kappa shape index (κ1) is 11.5. The van der Waals surface area contributed by atoms with Crippen molar-refractivity contribution in [2.45, 2.75) is 13.5 Å². The Morgan fingerprint density at radius 1 is 1.24 bits per heavy atom. The lowest BCUT2D eigenvalue weighted by Gasteiger charge is -2.02. The van der Waals surface area contributed by atoms with E-state index in [0.29, 0.717) is 12.3 Å². The van der Waals surface area contributed by atoms with E-state index in [1.165, 1.54) is 0 Å². The summed E-state index contributed by atoms with van der Waals surface area (Å²) in [5.41, 5.74) is 2.82. The van der Waals surface area contributed by atoms with Crippen LogP contribution < -0.4 is 5.49 Å². The van der Waals surface area contributed by atoms with Crippen LogP contribution in [-0.4, -0.2) is 9.67 Å². The highest BCUT2D eigenvalue weighted by Gasteiger charge is 1.97. The second-order valence-corrected chi connectivity index (χ2v) is 4.11. The third-order valence-electron chi connectivity index (χ3n) is 2.72. The summed E-state index contributed by atoms with van der Waals surface area (Å²) in [4.78, 5) is 4.50. The first-order valence-corrected chi connectivity index (χ1v) is 5.57. The molecule has 0 spiro atoms. The monoisotopic (exact) mass is 228 g/mol. The van der Waals surface area contributed by atoms with Gasteiger partial charge in [-0.25, -0.2) is 0 Å². The second kappa shape index (κ2) is 4.87. The van der Waals surface area contributed by atoms with Gasteiger partial charge >= 0.3 is 0 Å². The highest BCUT2D eigenvalue weighted by atomic mass is 16.3. The van der Waals surface area contributed by atoms with Crippen LogP contribution in [0.25, 0.3) is 0 Å². The molecule has 3 heteroatoms. The van der Waals surface area contributed by atoms with Gasteiger partial charge in [0.15, 0.2) is 0 Å². The number of aromatic nitrogens is 1. The molecule has 0 amide bonds. The van der Waals surface area contributed by atoms with Gasteiger partial charge in [0.05, 0.1) is 6.54 Å². The summed E-state index contributed by atoms with van der Waals surface area (Å²) >= 11 is 0. The lowest BCUT2D eigenvalue weighted by Crippen LogP contribution is -2.16. The Labute approximate surface area is 101 Å². The molecule has 0 saturated heterocycles. The molecule has 88 valence electrons. The second-order valence-electron chi connectivity index (χ2n) is 4.11. The van der Waals surface area contributed by atoms with Crippen LogP contribution >= 0.6 is 0 Å². The molecule has 1 N–H and O–H groups in total. The van der Waals surface area contributed by atoms with E-state index in [0.717, 1.165) is 16.6 Å². The number of rotatable bonds is 2. The van der Waals surface area contributed by atoms with Gasteiger partial charge in [0.25, 0.3) is 0 Å². The van der Waals surface area contributed by atoms with Gasteiger partial charge in [0.1, 0.15) is 11.2 Å². The van der Waals surface area contributed by atoms with Crippen molar-refractivity contribution in [2.24, 2.45) is 12.0 Å². The van der Waals surface area contributed by atoms with E-state index in [4.69, 9.17) is 0 Å². The van der Waals surface area contributed by atoms with Crippen molar-refractivity contribution in [2.75, 3.05) is 0 Å². The van der Waals surface area contributed by atoms with Crippen molar-refractivity contribution in [1.29, 1.82) is 0 Å². The van der Waals surface area contributed by atoms with Gasteiger partial charge in [0, 0.05) is 13.2 Å². The molecule has 0 radical (unpaired) electrons. The molecule has 0 atom stereocenters. The average Bonchev–Trinajstić information content (AvgIpc) is 2.32. The molecule has 0 unspecified atom stereocenters. The van der Waals surface area contributed by atoms with Gasteiger partial charge in [0.2, 0.25) is 0 Å². The summed E-state index contributed by atoms with van der Waals surface area (Å²) < 4.78 is 1.97. The van der Waals surface area contributed by atoms with E-state index < -0.39 is 0 Å². The van der Waals surface area contributed by atoms with Crippen molar-refractivity contribution in [3.63, 3.8) is 0 Å². The molecule has 2 rings (SSSR count). The molecule has 2 aromatic rings. The third kappa shape index (κ3) is 2.75. The van der Waals surface area contributed by atoms with Gasteiger partial charge < -0.3 is 9.67 Å². The summed E-state index contributed by atoms with van der Waals surface area (Å²) in [5, 5.41) is 9.61. The third-order valence-corrected chi connectivity index (χ3v) is 2.72. The quantitative estimate of drug-likeness (QED) is 0.840. The van der Waals surface area contributed by atoms with E-state index in [2.05, 4.69) is 4.99 Å². The molecule has 0 saturated carbocycles. The fourth-order valence-electron chi connectivity index (χ4n) is 1.60. The van der Waals surface area contributed by atoms with Crippen LogP contribution in [-0.2, 0) is 13.6 Å². The summed E-state index contributed by atoms with van der Waals surface area (Å²) in [6.07, 6.45) is 1.96. The van der Waals surface area contributed by atoms with Crippen LogP contribution in [0, 0.1) is 6.92 Å². The maximum Gasteiger partial charge on any atom is 0.127 e. The summed E-state index contributed by atoms with van der Waals surface area (Å²) in [6.45, 7) is 2.46. The Bertz CT molecular complexity index is 585. The van der Waals surface area contributed by atoms with Crippen LogP contribution in [0.1, 0.15) is 11.1 Å². The Hall–Kier alpha value is -2.03. The van der Waals surface area contributed by atoms with E-state index in [-0.39, 0.29) is 0 Å². The van der Waals surface area contributed by atoms with E-state index in [1.54, 1.807) is 6.07 Å². The number of aryl methyl sites for hydroxylation is 2. The predicted octanol–water partition coefficient (Wildman–Crippen LogP) is 2.14. The minimum absolute atomic E-state index is 0.329. The molecule has 0 aliphatic rings. The number of phenols is 1. The highest BCUT2D eigenvalue weighted by Crippen LogP contribution is 2.17. The maximum absolute atomic E-state index is 9.61. The fourth-order valence-corrected chi connectivity index (χ4v) is 1.60. The molecule has 1 heterocycles. The molecular weight excluding hydrogens is 212 g/mol. The molecule has 1 aromatic heterocycles. The van der Waals surface area contributed by atoms with Crippen molar-refractivity contribution in [1.82, 2.24) is 4.57 Å². The van der Waals surface area contributed by atoms with E-state index in [1.807, 2.05) is 55.1 Å². The molecule has 3 nitrogen and oxygen atoms in total. The van der Waals surface area contributed by atoms with Crippen LogP contribution in [0.2, 0.25) is 0 Å². The molecule has 1 aromatic carbocycles. The van der Waals surface area contributed by atoms with Crippen LogP contribution in [0.4, 0.5) is 0 Å². The zero-order valence-electron chi connectivity index (χ0n) is 10.1. The van der Waals surface area contributed by atoms with Crippen molar-refractivity contribution in [3.8, 4) is 5.75 Å². The molecular formula is C14H16N2O. The van der Waals surface area contributed by atoms with Crippen molar-refractivity contribution in [3.05, 3.63) is 59.2 Å². The predicted molar refractivity (Wildman–Crippen MR) is 67.5 cm³/mol. The Morgan fingerprint density at radius 3 is 2.76 bits per heavy atom. The SMILES string of the molecule is Cc1ccc(CN=c2ccccn2C)cc1O. The molecule has 0 bridgehead atoms. The highest BCUT2D eigenvalue weighted by molar-refractivity contribution is 5.35. The molecule has 17 heavy (non-hydrogen) atoms. The average molecular weight is 228 g/mol. The Balaban J connectivity index is 2.25. The number of phenolic OH excluding ortho intramolecular Hbond substituents is 1. The molecule has 0 aliphatic heterocycles. The minimum Gasteiger partial charge on any atom is -0.508 e. The molecule has 0 aliphatic carbocycles. The van der Waals surface area contributed by atoms with Gasteiger partial charge in [-0.2, -0.15) is 0 Å². The first-order valence-electron chi connectivity index (χ1n) is 5.57. The van der Waals surface area contributed by atoms with Crippen molar-refractivity contribution < 1.29 is 5.11 Å². The number of aromatic hydroxyl groups is 1. The topological polar surface area (TPSA) is 37.5 Å². The van der Waals surface area contributed by atoms with Crippen LogP contribution in [0.5, 0.6) is 5.75 Å². The first-order chi connectivity index (χ1) is 8.16.